The highest BCUT2D eigenvalue weighted by molar-refractivity contribution is 6.06. The number of fused-ring (bicyclic) bond motifs is 1. The highest BCUT2D eigenvalue weighted by Gasteiger charge is 2.38. The molecule has 2 N–H and O–H groups in total. The number of nitrogens with zero attached hydrogens (tertiary/aromatic N) is 1. The fourth-order valence-electron chi connectivity index (χ4n) is 2.44. The second-order valence-electron chi connectivity index (χ2n) is 5.22. The van der Waals surface area contributed by atoms with Crippen LogP contribution in [0.1, 0.15) is 25.1 Å². The molecule has 0 aliphatic carbocycles. The van der Waals surface area contributed by atoms with Gasteiger partial charge in [-0.3, -0.25) is 4.79 Å². The Kier molecular flexibility index (Phi) is 2.26. The largest absolute Gasteiger partial charge is 0.353 e. The number of amides is 1. The molecule has 1 aromatic carbocycles. The molecule has 1 aliphatic heterocycles. The molecule has 0 bridgehead atoms. The third kappa shape index (κ3) is 1.55. The Labute approximate surface area is 111 Å². The van der Waals surface area contributed by atoms with Gasteiger partial charge in [-0.1, -0.05) is 6.07 Å². The number of aromatic nitrogens is 1. The first-order valence-electron chi connectivity index (χ1n) is 6.08. The van der Waals surface area contributed by atoms with Crippen LogP contribution in [-0.2, 0) is 10.2 Å². The van der Waals surface area contributed by atoms with Crippen LogP contribution >= 0.6 is 0 Å². The summed E-state index contributed by atoms with van der Waals surface area (Å²) in [5, 5.41) is 11.9. The third-order valence-corrected chi connectivity index (χ3v) is 3.68. The Hall–Kier alpha value is -2.54. The predicted octanol–water partition coefficient (Wildman–Crippen LogP) is 2.78. The van der Waals surface area contributed by atoms with Gasteiger partial charge >= 0.3 is 0 Å². The highest BCUT2D eigenvalue weighted by atomic mass is 16.2. The number of anilines is 1. The summed E-state index contributed by atoms with van der Waals surface area (Å²) >= 11 is 0. The molecule has 0 saturated heterocycles. The van der Waals surface area contributed by atoms with Gasteiger partial charge in [0.25, 0.3) is 0 Å². The molecule has 4 heteroatoms. The number of H-pyrrole nitrogens is 1. The number of rotatable bonds is 1. The molecule has 0 saturated carbocycles. The molecule has 2 aromatic rings. The van der Waals surface area contributed by atoms with Gasteiger partial charge in [0, 0.05) is 17.4 Å². The Balaban J connectivity index is 2.17. The van der Waals surface area contributed by atoms with E-state index in [1.54, 1.807) is 6.20 Å². The first kappa shape index (κ1) is 11.5. The Morgan fingerprint density at radius 1 is 1.26 bits per heavy atom. The van der Waals surface area contributed by atoms with Gasteiger partial charge in [0.05, 0.1) is 5.41 Å². The van der Waals surface area contributed by atoms with Crippen LogP contribution in [0.5, 0.6) is 0 Å². The molecule has 0 atom stereocenters. The lowest BCUT2D eigenvalue weighted by atomic mass is 9.85. The van der Waals surface area contributed by atoms with Gasteiger partial charge in [0.1, 0.15) is 11.8 Å². The number of carbonyl (C=O) groups excluding carboxylic acids is 1. The van der Waals surface area contributed by atoms with E-state index in [9.17, 15) is 4.79 Å². The van der Waals surface area contributed by atoms with E-state index in [2.05, 4.69) is 16.4 Å². The summed E-state index contributed by atoms with van der Waals surface area (Å²) in [4.78, 5) is 14.8. The Morgan fingerprint density at radius 3 is 2.79 bits per heavy atom. The maximum atomic E-state index is 11.9. The van der Waals surface area contributed by atoms with Crippen molar-refractivity contribution in [3.05, 3.63) is 41.7 Å². The second kappa shape index (κ2) is 3.72. The van der Waals surface area contributed by atoms with Gasteiger partial charge in [-0.2, -0.15) is 5.26 Å². The summed E-state index contributed by atoms with van der Waals surface area (Å²) in [6.07, 6.45) is 1.75. The van der Waals surface area contributed by atoms with Crippen molar-refractivity contribution in [1.82, 2.24) is 4.98 Å². The zero-order valence-electron chi connectivity index (χ0n) is 10.7. The predicted molar refractivity (Wildman–Crippen MR) is 72.6 cm³/mol. The van der Waals surface area contributed by atoms with Crippen molar-refractivity contribution < 1.29 is 4.79 Å². The average molecular weight is 251 g/mol. The minimum Gasteiger partial charge on any atom is -0.353 e. The van der Waals surface area contributed by atoms with Crippen molar-refractivity contribution in [2.24, 2.45) is 0 Å². The first-order chi connectivity index (χ1) is 9.04. The summed E-state index contributed by atoms with van der Waals surface area (Å²) in [7, 11) is 0. The molecular formula is C15H13N3O. The fourth-order valence-corrected chi connectivity index (χ4v) is 2.44. The molecule has 1 aromatic heterocycles. The Bertz CT molecular complexity index is 719. The van der Waals surface area contributed by atoms with Gasteiger partial charge in [-0.25, -0.2) is 0 Å². The summed E-state index contributed by atoms with van der Waals surface area (Å²) in [6, 6.07) is 9.80. The molecule has 0 radical (unpaired) electrons. The zero-order valence-corrected chi connectivity index (χ0v) is 10.7. The van der Waals surface area contributed by atoms with Crippen molar-refractivity contribution in [2.45, 2.75) is 19.3 Å². The lowest BCUT2D eigenvalue weighted by molar-refractivity contribution is -0.119. The number of hydrogen-bond acceptors (Lipinski definition) is 2. The van der Waals surface area contributed by atoms with Crippen molar-refractivity contribution in [2.75, 3.05) is 5.32 Å². The maximum absolute atomic E-state index is 11.9. The molecule has 0 spiro atoms. The molecular weight excluding hydrogens is 238 g/mol. The van der Waals surface area contributed by atoms with Crippen LogP contribution in [0.4, 0.5) is 5.69 Å². The quantitative estimate of drug-likeness (QED) is 0.818. The number of benzene rings is 1. The van der Waals surface area contributed by atoms with Gasteiger partial charge in [-0.05, 0) is 43.2 Å². The van der Waals surface area contributed by atoms with Crippen LogP contribution in [0, 0.1) is 11.3 Å². The lowest BCUT2D eigenvalue weighted by Gasteiger charge is -2.15. The third-order valence-electron chi connectivity index (χ3n) is 3.68. The van der Waals surface area contributed by atoms with Gasteiger partial charge < -0.3 is 10.3 Å². The number of nitrogens with one attached hydrogen (secondary N) is 2. The zero-order chi connectivity index (χ0) is 13.6. The van der Waals surface area contributed by atoms with E-state index in [1.807, 2.05) is 38.1 Å². The van der Waals surface area contributed by atoms with Crippen LogP contribution in [0.3, 0.4) is 0 Å². The summed E-state index contributed by atoms with van der Waals surface area (Å²) in [5.74, 6) is 0.00854. The van der Waals surface area contributed by atoms with Crippen LogP contribution in [0.15, 0.2) is 30.5 Å². The normalized spacial score (nSPS) is 15.7. The number of nitriles is 1. The van der Waals surface area contributed by atoms with Gasteiger partial charge in [0.2, 0.25) is 5.91 Å². The minimum atomic E-state index is -0.533. The fraction of sp³-hybridized carbons (Fsp3) is 0.200. The summed E-state index contributed by atoms with van der Waals surface area (Å²) < 4.78 is 0. The van der Waals surface area contributed by atoms with Crippen LogP contribution in [0.25, 0.3) is 11.1 Å². The maximum Gasteiger partial charge on any atom is 0.234 e. The van der Waals surface area contributed by atoms with E-state index < -0.39 is 5.41 Å². The minimum absolute atomic E-state index is 0.00854. The topological polar surface area (TPSA) is 68.7 Å². The molecule has 0 unspecified atom stereocenters. The number of carbonyl (C=O) groups is 1. The molecule has 1 amide bonds. The van der Waals surface area contributed by atoms with Crippen molar-refractivity contribution >= 4 is 11.6 Å². The lowest BCUT2D eigenvalue weighted by Crippen LogP contribution is -2.26. The number of hydrogen-bond donors (Lipinski definition) is 2. The molecule has 2 heterocycles. The van der Waals surface area contributed by atoms with Gasteiger partial charge in [0.15, 0.2) is 0 Å². The van der Waals surface area contributed by atoms with Crippen molar-refractivity contribution in [3.8, 4) is 17.2 Å². The standard InChI is InChI=1S/C15H13N3O/c1-15(2)11-7-9(3-4-12(11)18-14(15)19)10-5-6-17-13(10)8-16/h3-7,17H,1-2H3,(H,18,19). The molecule has 3 rings (SSSR count). The Morgan fingerprint density at radius 2 is 2.05 bits per heavy atom. The van der Waals surface area contributed by atoms with E-state index >= 15 is 0 Å². The van der Waals surface area contributed by atoms with Crippen LogP contribution < -0.4 is 5.32 Å². The summed E-state index contributed by atoms with van der Waals surface area (Å²) in [5.41, 5.74) is 3.64. The average Bonchev–Trinajstić information content (AvgIpc) is 2.94. The van der Waals surface area contributed by atoms with Crippen molar-refractivity contribution in [3.63, 3.8) is 0 Å². The SMILES string of the molecule is CC1(C)C(=O)Nc2ccc(-c3cc[nH]c3C#N)cc21. The van der Waals surface area contributed by atoms with Crippen LogP contribution in [-0.4, -0.2) is 10.9 Å². The van der Waals surface area contributed by atoms with E-state index in [0.717, 1.165) is 22.4 Å². The summed E-state index contributed by atoms with van der Waals surface area (Å²) in [6.45, 7) is 3.81. The van der Waals surface area contributed by atoms with E-state index in [0.29, 0.717) is 5.69 Å². The molecule has 1 aliphatic rings. The van der Waals surface area contributed by atoms with Gasteiger partial charge in [-0.15, -0.1) is 0 Å². The first-order valence-corrected chi connectivity index (χ1v) is 6.08. The number of aromatic amines is 1. The smallest absolute Gasteiger partial charge is 0.234 e. The van der Waals surface area contributed by atoms with E-state index in [1.165, 1.54) is 0 Å². The monoisotopic (exact) mass is 251 g/mol. The van der Waals surface area contributed by atoms with Crippen molar-refractivity contribution in [1.29, 1.82) is 5.26 Å². The molecule has 19 heavy (non-hydrogen) atoms. The van der Waals surface area contributed by atoms with E-state index in [4.69, 9.17) is 5.26 Å². The highest BCUT2D eigenvalue weighted by Crippen LogP contribution is 2.39. The molecule has 4 nitrogen and oxygen atoms in total. The second-order valence-corrected chi connectivity index (χ2v) is 5.22. The van der Waals surface area contributed by atoms with Crippen LogP contribution in [0.2, 0.25) is 0 Å². The molecule has 0 fully saturated rings. The molecule has 94 valence electrons. The van der Waals surface area contributed by atoms with E-state index in [-0.39, 0.29) is 5.91 Å².